The largest absolute Gasteiger partial charge is 0.334 e. The van der Waals surface area contributed by atoms with Crippen LogP contribution in [0.2, 0.25) is 0 Å². The van der Waals surface area contributed by atoms with Gasteiger partial charge in [-0.2, -0.15) is 4.98 Å². The monoisotopic (exact) mass is 350 g/mol. The van der Waals surface area contributed by atoms with Crippen molar-refractivity contribution in [1.82, 2.24) is 19.7 Å². The molecule has 6 heteroatoms. The SMILES string of the molecule is O=c1c2ccc(-c3nc(C4CCCC4)no3)cc2nc2n1CCCCC2. The molecule has 0 spiro atoms. The van der Waals surface area contributed by atoms with Gasteiger partial charge in [0.25, 0.3) is 11.4 Å². The number of benzene rings is 1. The van der Waals surface area contributed by atoms with E-state index in [9.17, 15) is 4.79 Å². The fourth-order valence-electron chi connectivity index (χ4n) is 4.25. The van der Waals surface area contributed by atoms with E-state index in [-0.39, 0.29) is 5.56 Å². The van der Waals surface area contributed by atoms with Crippen molar-refractivity contribution in [2.45, 2.75) is 63.8 Å². The van der Waals surface area contributed by atoms with Crippen LogP contribution in [-0.2, 0) is 13.0 Å². The minimum atomic E-state index is 0.0654. The van der Waals surface area contributed by atoms with Gasteiger partial charge in [0, 0.05) is 24.4 Å². The van der Waals surface area contributed by atoms with Crippen LogP contribution >= 0.6 is 0 Å². The Hall–Kier alpha value is -2.50. The van der Waals surface area contributed by atoms with Gasteiger partial charge in [-0.05, 0) is 43.9 Å². The molecule has 5 rings (SSSR count). The van der Waals surface area contributed by atoms with Gasteiger partial charge in [0.2, 0.25) is 0 Å². The predicted molar refractivity (Wildman–Crippen MR) is 98.1 cm³/mol. The summed E-state index contributed by atoms with van der Waals surface area (Å²) >= 11 is 0. The fourth-order valence-corrected chi connectivity index (χ4v) is 4.25. The lowest BCUT2D eigenvalue weighted by Gasteiger charge is -2.10. The first-order valence-electron chi connectivity index (χ1n) is 9.67. The summed E-state index contributed by atoms with van der Waals surface area (Å²) in [5.74, 6) is 2.65. The highest BCUT2D eigenvalue weighted by atomic mass is 16.5. The summed E-state index contributed by atoms with van der Waals surface area (Å²) in [5.41, 5.74) is 1.62. The molecule has 1 aliphatic heterocycles. The third-order valence-electron chi connectivity index (χ3n) is 5.73. The summed E-state index contributed by atoms with van der Waals surface area (Å²) in [7, 11) is 0. The third kappa shape index (κ3) is 2.64. The van der Waals surface area contributed by atoms with Gasteiger partial charge in [-0.25, -0.2) is 4.98 Å². The molecule has 134 valence electrons. The second kappa shape index (κ2) is 6.34. The first-order valence-corrected chi connectivity index (χ1v) is 9.67. The minimum absolute atomic E-state index is 0.0654. The molecular weight excluding hydrogens is 328 g/mol. The van der Waals surface area contributed by atoms with E-state index in [1.807, 2.05) is 22.8 Å². The van der Waals surface area contributed by atoms with Gasteiger partial charge >= 0.3 is 0 Å². The Morgan fingerprint density at radius 1 is 1.04 bits per heavy atom. The van der Waals surface area contributed by atoms with Gasteiger partial charge in [0.1, 0.15) is 5.82 Å². The van der Waals surface area contributed by atoms with E-state index in [1.54, 1.807) is 0 Å². The molecule has 1 saturated carbocycles. The lowest BCUT2D eigenvalue weighted by Crippen LogP contribution is -2.24. The van der Waals surface area contributed by atoms with E-state index >= 15 is 0 Å². The molecule has 3 aromatic rings. The summed E-state index contributed by atoms with van der Waals surface area (Å²) in [6, 6.07) is 5.65. The lowest BCUT2D eigenvalue weighted by molar-refractivity contribution is 0.416. The van der Waals surface area contributed by atoms with E-state index in [0.29, 0.717) is 17.2 Å². The first-order chi connectivity index (χ1) is 12.8. The molecule has 26 heavy (non-hydrogen) atoms. The molecule has 3 heterocycles. The minimum Gasteiger partial charge on any atom is -0.334 e. The zero-order chi connectivity index (χ0) is 17.5. The van der Waals surface area contributed by atoms with E-state index in [0.717, 1.165) is 67.8 Å². The van der Waals surface area contributed by atoms with E-state index in [4.69, 9.17) is 9.51 Å². The van der Waals surface area contributed by atoms with Crippen molar-refractivity contribution >= 4 is 10.9 Å². The van der Waals surface area contributed by atoms with Crippen LogP contribution in [0, 0.1) is 0 Å². The quantitative estimate of drug-likeness (QED) is 0.702. The Labute approximate surface area is 151 Å². The third-order valence-corrected chi connectivity index (χ3v) is 5.73. The molecule has 1 aromatic carbocycles. The summed E-state index contributed by atoms with van der Waals surface area (Å²) < 4.78 is 7.35. The highest BCUT2D eigenvalue weighted by Crippen LogP contribution is 2.33. The molecule has 1 aliphatic carbocycles. The maximum Gasteiger partial charge on any atom is 0.261 e. The molecule has 2 aliphatic rings. The number of rotatable bonds is 2. The topological polar surface area (TPSA) is 73.8 Å². The summed E-state index contributed by atoms with van der Waals surface area (Å²) in [5, 5.41) is 4.84. The Bertz CT molecular complexity index is 1010. The number of aromatic nitrogens is 4. The van der Waals surface area contributed by atoms with Crippen molar-refractivity contribution in [1.29, 1.82) is 0 Å². The maximum atomic E-state index is 12.8. The van der Waals surface area contributed by atoms with E-state index in [2.05, 4.69) is 10.1 Å². The second-order valence-electron chi connectivity index (χ2n) is 7.47. The Morgan fingerprint density at radius 2 is 1.92 bits per heavy atom. The Balaban J connectivity index is 1.56. The standard InChI is InChI=1S/C20H22N4O2/c25-20-15-10-9-14(19-22-18(23-26-19)13-6-3-4-7-13)12-16(15)21-17-8-2-1-5-11-24(17)20/h9-10,12-13H,1-8,11H2. The van der Waals surface area contributed by atoms with Gasteiger partial charge in [-0.1, -0.05) is 24.4 Å². The number of fused-ring (bicyclic) bond motifs is 2. The molecule has 0 saturated heterocycles. The molecule has 2 aromatic heterocycles. The average molecular weight is 350 g/mol. The van der Waals surface area contributed by atoms with Crippen LogP contribution in [0.25, 0.3) is 22.4 Å². The molecule has 0 amide bonds. The number of hydrogen-bond acceptors (Lipinski definition) is 5. The van der Waals surface area contributed by atoms with E-state index in [1.165, 1.54) is 12.8 Å². The van der Waals surface area contributed by atoms with Crippen LogP contribution in [0.4, 0.5) is 0 Å². The van der Waals surface area contributed by atoms with Crippen molar-refractivity contribution in [3.8, 4) is 11.5 Å². The van der Waals surface area contributed by atoms with Crippen molar-refractivity contribution in [2.24, 2.45) is 0 Å². The number of nitrogens with zero attached hydrogens (tertiary/aromatic N) is 4. The summed E-state index contributed by atoms with van der Waals surface area (Å²) in [6.45, 7) is 0.771. The van der Waals surface area contributed by atoms with Crippen LogP contribution in [0.5, 0.6) is 0 Å². The zero-order valence-corrected chi connectivity index (χ0v) is 14.8. The Morgan fingerprint density at radius 3 is 2.81 bits per heavy atom. The summed E-state index contributed by atoms with van der Waals surface area (Å²) in [4.78, 5) is 22.2. The van der Waals surface area contributed by atoms with Crippen molar-refractivity contribution in [3.05, 3.63) is 40.2 Å². The predicted octanol–water partition coefficient (Wildman–Crippen LogP) is 3.83. The van der Waals surface area contributed by atoms with Crippen LogP contribution in [0.3, 0.4) is 0 Å². The van der Waals surface area contributed by atoms with Crippen molar-refractivity contribution < 1.29 is 4.52 Å². The smallest absolute Gasteiger partial charge is 0.261 e. The highest BCUT2D eigenvalue weighted by Gasteiger charge is 2.23. The van der Waals surface area contributed by atoms with Gasteiger partial charge in [0.15, 0.2) is 5.82 Å². The van der Waals surface area contributed by atoms with Gasteiger partial charge in [0.05, 0.1) is 10.9 Å². The molecular formula is C20H22N4O2. The maximum absolute atomic E-state index is 12.8. The molecule has 1 fully saturated rings. The summed E-state index contributed by atoms with van der Waals surface area (Å²) in [6.07, 6.45) is 8.91. The van der Waals surface area contributed by atoms with E-state index < -0.39 is 0 Å². The van der Waals surface area contributed by atoms with Crippen molar-refractivity contribution in [2.75, 3.05) is 0 Å². The van der Waals surface area contributed by atoms with Gasteiger partial charge in [-0.15, -0.1) is 0 Å². The molecule has 0 unspecified atom stereocenters. The number of aryl methyl sites for hydroxylation is 1. The van der Waals surface area contributed by atoms with Crippen LogP contribution in [0.15, 0.2) is 27.5 Å². The fraction of sp³-hybridized carbons (Fsp3) is 0.500. The molecule has 0 N–H and O–H groups in total. The Kier molecular flexibility index (Phi) is 3.84. The van der Waals surface area contributed by atoms with Gasteiger partial charge in [-0.3, -0.25) is 9.36 Å². The highest BCUT2D eigenvalue weighted by molar-refractivity contribution is 5.82. The molecule has 0 bridgehead atoms. The average Bonchev–Trinajstić information content (AvgIpc) is 3.30. The lowest BCUT2D eigenvalue weighted by atomic mass is 10.1. The van der Waals surface area contributed by atoms with Crippen LogP contribution in [-0.4, -0.2) is 19.7 Å². The molecule has 0 atom stereocenters. The molecule has 6 nitrogen and oxygen atoms in total. The normalized spacial score (nSPS) is 18.2. The van der Waals surface area contributed by atoms with Crippen LogP contribution < -0.4 is 5.56 Å². The van der Waals surface area contributed by atoms with Gasteiger partial charge < -0.3 is 4.52 Å². The number of hydrogen-bond donors (Lipinski definition) is 0. The second-order valence-corrected chi connectivity index (χ2v) is 7.47. The first kappa shape index (κ1) is 15.7. The zero-order valence-electron chi connectivity index (χ0n) is 14.8. The van der Waals surface area contributed by atoms with Crippen LogP contribution in [0.1, 0.15) is 62.5 Å². The molecule has 0 radical (unpaired) electrons. The van der Waals surface area contributed by atoms with Crippen molar-refractivity contribution in [3.63, 3.8) is 0 Å².